The second kappa shape index (κ2) is 19.1. The zero-order valence-electron chi connectivity index (χ0n) is 24.7. The van der Waals surface area contributed by atoms with Gasteiger partial charge in [-0.05, 0) is 74.0 Å². The van der Waals surface area contributed by atoms with E-state index < -0.39 is 0 Å². The van der Waals surface area contributed by atoms with E-state index in [2.05, 4.69) is 41.5 Å². The zero-order chi connectivity index (χ0) is 25.2. The molecule has 0 aromatic carbocycles. The summed E-state index contributed by atoms with van der Waals surface area (Å²) < 4.78 is 0. The second-order valence-corrected chi connectivity index (χ2v) is 12.9. The van der Waals surface area contributed by atoms with Crippen molar-refractivity contribution in [2.75, 3.05) is 0 Å². The van der Waals surface area contributed by atoms with Gasteiger partial charge in [0.05, 0.1) is 6.10 Å². The van der Waals surface area contributed by atoms with Gasteiger partial charge in [0.25, 0.3) is 0 Å². The summed E-state index contributed by atoms with van der Waals surface area (Å²) in [5, 5.41) is 10.9. The smallest absolute Gasteiger partial charge is 0.0545 e. The fraction of sp³-hybridized carbons (Fsp3) is 1.00. The standard InChI is InChI=1S/C33H66O/c1-7-11-12-13-14-15-16-17-18-21-32(34)27-33(6,23-10-4)24-22-29-26-31(20-9-3)30(19-8-2)25-28(29)5/h28-32,34H,7-27H2,1-6H3/t28-,29+,30?,31?,32?,33?/m1/s1. The van der Waals surface area contributed by atoms with E-state index in [0.717, 1.165) is 36.5 Å². The Bertz CT molecular complexity index is 459. The van der Waals surface area contributed by atoms with Crippen LogP contribution in [0.1, 0.15) is 176 Å². The summed E-state index contributed by atoms with van der Waals surface area (Å²) in [6.45, 7) is 14.4. The first-order valence-corrected chi connectivity index (χ1v) is 16.1. The molecule has 0 spiro atoms. The first kappa shape index (κ1) is 32.0. The maximum atomic E-state index is 10.9. The molecule has 0 bridgehead atoms. The van der Waals surface area contributed by atoms with Crippen LogP contribution in [-0.2, 0) is 0 Å². The lowest BCUT2D eigenvalue weighted by Crippen LogP contribution is -2.32. The van der Waals surface area contributed by atoms with E-state index >= 15 is 0 Å². The molecule has 1 rings (SSSR count). The molecule has 4 unspecified atom stereocenters. The Morgan fingerprint density at radius 1 is 0.647 bits per heavy atom. The lowest BCUT2D eigenvalue weighted by molar-refractivity contribution is 0.0621. The SMILES string of the molecule is CCCCCCCCCCCC(O)CC(C)(CCC)CC[C@H]1CC(CCC)C(CCC)C[C@H]1C. The van der Waals surface area contributed by atoms with Crippen molar-refractivity contribution < 1.29 is 5.11 Å². The van der Waals surface area contributed by atoms with E-state index in [1.54, 1.807) is 0 Å². The van der Waals surface area contributed by atoms with Crippen molar-refractivity contribution in [3.63, 3.8) is 0 Å². The van der Waals surface area contributed by atoms with E-state index in [-0.39, 0.29) is 6.10 Å². The molecule has 0 aliphatic heterocycles. The molecule has 1 N–H and O–H groups in total. The van der Waals surface area contributed by atoms with Crippen LogP contribution in [0.5, 0.6) is 0 Å². The molecule has 0 aromatic rings. The van der Waals surface area contributed by atoms with E-state index in [9.17, 15) is 5.11 Å². The maximum Gasteiger partial charge on any atom is 0.0545 e. The van der Waals surface area contributed by atoms with Crippen molar-refractivity contribution in [3.8, 4) is 0 Å². The van der Waals surface area contributed by atoms with Crippen LogP contribution < -0.4 is 0 Å². The van der Waals surface area contributed by atoms with Gasteiger partial charge >= 0.3 is 0 Å². The molecule has 1 fully saturated rings. The van der Waals surface area contributed by atoms with Crippen molar-refractivity contribution in [3.05, 3.63) is 0 Å². The third-order valence-electron chi connectivity index (χ3n) is 9.41. The van der Waals surface area contributed by atoms with Gasteiger partial charge in [-0.25, -0.2) is 0 Å². The number of aliphatic hydroxyl groups excluding tert-OH is 1. The van der Waals surface area contributed by atoms with Gasteiger partial charge in [-0.3, -0.25) is 0 Å². The zero-order valence-corrected chi connectivity index (χ0v) is 24.7. The van der Waals surface area contributed by atoms with Gasteiger partial charge in [0, 0.05) is 0 Å². The molecule has 1 aliphatic rings. The second-order valence-electron chi connectivity index (χ2n) is 12.9. The Morgan fingerprint density at radius 3 is 1.76 bits per heavy atom. The Labute approximate surface area is 216 Å². The summed E-state index contributed by atoms with van der Waals surface area (Å²) in [5.41, 5.74) is 0.327. The molecular weight excluding hydrogens is 412 g/mol. The minimum atomic E-state index is -0.0911. The third-order valence-corrected chi connectivity index (χ3v) is 9.41. The molecule has 6 atom stereocenters. The predicted octanol–water partition coefficient (Wildman–Crippen LogP) is 11.1. The van der Waals surface area contributed by atoms with Crippen molar-refractivity contribution >= 4 is 0 Å². The highest BCUT2D eigenvalue weighted by molar-refractivity contribution is 4.86. The minimum Gasteiger partial charge on any atom is -0.393 e. The highest BCUT2D eigenvalue weighted by Gasteiger charge is 2.35. The lowest BCUT2D eigenvalue weighted by Gasteiger charge is -2.42. The number of hydrogen-bond donors (Lipinski definition) is 1. The molecule has 0 radical (unpaired) electrons. The number of unbranched alkanes of at least 4 members (excludes halogenated alkanes) is 8. The Morgan fingerprint density at radius 2 is 1.21 bits per heavy atom. The Hall–Kier alpha value is -0.0400. The summed E-state index contributed by atoms with van der Waals surface area (Å²) in [7, 11) is 0. The van der Waals surface area contributed by atoms with Gasteiger partial charge in [0.2, 0.25) is 0 Å². The molecule has 1 saturated carbocycles. The van der Waals surface area contributed by atoms with Gasteiger partial charge in [-0.15, -0.1) is 0 Å². The number of hydrogen-bond acceptors (Lipinski definition) is 1. The fourth-order valence-electron chi connectivity index (χ4n) is 7.36. The van der Waals surface area contributed by atoms with Crippen LogP contribution in [0.3, 0.4) is 0 Å². The lowest BCUT2D eigenvalue weighted by atomic mass is 9.63. The topological polar surface area (TPSA) is 20.2 Å². The average molecular weight is 479 g/mol. The van der Waals surface area contributed by atoms with Gasteiger partial charge in [-0.1, -0.05) is 131 Å². The first-order valence-electron chi connectivity index (χ1n) is 16.1. The highest BCUT2D eigenvalue weighted by Crippen LogP contribution is 2.46. The monoisotopic (exact) mass is 479 g/mol. The van der Waals surface area contributed by atoms with Crippen LogP contribution in [0.15, 0.2) is 0 Å². The molecule has 1 aliphatic carbocycles. The summed E-state index contributed by atoms with van der Waals surface area (Å²) in [5.74, 6) is 3.76. The Kier molecular flexibility index (Phi) is 18.0. The van der Waals surface area contributed by atoms with Crippen LogP contribution in [0.25, 0.3) is 0 Å². The molecule has 0 saturated heterocycles. The van der Waals surface area contributed by atoms with Crippen LogP contribution in [0.2, 0.25) is 0 Å². The van der Waals surface area contributed by atoms with Crippen LogP contribution in [0, 0.1) is 29.1 Å². The molecule has 1 heteroatoms. The number of rotatable bonds is 21. The highest BCUT2D eigenvalue weighted by atomic mass is 16.3. The third kappa shape index (κ3) is 13.3. The van der Waals surface area contributed by atoms with Crippen LogP contribution in [0.4, 0.5) is 0 Å². The molecular formula is C33H66O. The Balaban J connectivity index is 2.41. The molecule has 0 aromatic heterocycles. The van der Waals surface area contributed by atoms with E-state index in [1.165, 1.54) is 122 Å². The van der Waals surface area contributed by atoms with Crippen molar-refractivity contribution in [1.29, 1.82) is 0 Å². The van der Waals surface area contributed by atoms with Gasteiger partial charge in [0.1, 0.15) is 0 Å². The predicted molar refractivity (Wildman–Crippen MR) is 153 cm³/mol. The first-order chi connectivity index (χ1) is 16.4. The van der Waals surface area contributed by atoms with E-state index in [4.69, 9.17) is 0 Å². The molecule has 0 heterocycles. The molecule has 204 valence electrons. The van der Waals surface area contributed by atoms with Crippen molar-refractivity contribution in [1.82, 2.24) is 0 Å². The summed E-state index contributed by atoms with van der Waals surface area (Å²) >= 11 is 0. The summed E-state index contributed by atoms with van der Waals surface area (Å²) in [6, 6.07) is 0. The van der Waals surface area contributed by atoms with Gasteiger partial charge in [0.15, 0.2) is 0 Å². The van der Waals surface area contributed by atoms with Crippen LogP contribution in [-0.4, -0.2) is 11.2 Å². The quantitative estimate of drug-likeness (QED) is 0.163. The van der Waals surface area contributed by atoms with Crippen LogP contribution >= 0.6 is 0 Å². The van der Waals surface area contributed by atoms with Gasteiger partial charge in [-0.2, -0.15) is 0 Å². The van der Waals surface area contributed by atoms with E-state index in [1.807, 2.05) is 0 Å². The maximum absolute atomic E-state index is 10.9. The van der Waals surface area contributed by atoms with Crippen molar-refractivity contribution in [2.45, 2.75) is 182 Å². The molecule has 1 nitrogen and oxygen atoms in total. The fourth-order valence-corrected chi connectivity index (χ4v) is 7.36. The summed E-state index contributed by atoms with van der Waals surface area (Å²) in [6.07, 6.45) is 28.0. The molecule has 0 amide bonds. The van der Waals surface area contributed by atoms with Gasteiger partial charge < -0.3 is 5.11 Å². The largest absolute Gasteiger partial charge is 0.393 e. The minimum absolute atomic E-state index is 0.0911. The number of aliphatic hydroxyl groups is 1. The van der Waals surface area contributed by atoms with Crippen molar-refractivity contribution in [2.24, 2.45) is 29.1 Å². The van der Waals surface area contributed by atoms with E-state index in [0.29, 0.717) is 5.41 Å². The average Bonchev–Trinajstić information content (AvgIpc) is 2.79. The molecule has 34 heavy (non-hydrogen) atoms. The normalized spacial score (nSPS) is 25.9. The summed E-state index contributed by atoms with van der Waals surface area (Å²) in [4.78, 5) is 0.